The van der Waals surface area contributed by atoms with Crippen LogP contribution < -0.4 is 0 Å². The fraction of sp³-hybridized carbons (Fsp3) is 0.222. The fourth-order valence-electron chi connectivity index (χ4n) is 1.06. The summed E-state index contributed by atoms with van der Waals surface area (Å²) in [4.78, 5) is 10.3. The van der Waals surface area contributed by atoms with Crippen LogP contribution in [0.2, 0.25) is 0 Å². The largest absolute Gasteiger partial charge is 0.508 e. The Bertz CT molecular complexity index is 351. The lowest BCUT2D eigenvalue weighted by Crippen LogP contribution is -2.05. The van der Waals surface area contributed by atoms with E-state index in [1.54, 1.807) is 6.07 Å². The Hall–Kier alpha value is -1.07. The Balaban J connectivity index is 2.93. The van der Waals surface area contributed by atoms with E-state index >= 15 is 0 Å². The van der Waals surface area contributed by atoms with Crippen molar-refractivity contribution in [2.45, 2.75) is 12.5 Å². The molecule has 0 bridgehead atoms. The number of phenolic OH excluding ortho intramolecular Hbond substituents is 1. The molecule has 76 valence electrons. The van der Waals surface area contributed by atoms with Crippen molar-refractivity contribution in [1.29, 1.82) is 0 Å². The van der Waals surface area contributed by atoms with Crippen molar-refractivity contribution in [3.8, 4) is 5.75 Å². The lowest BCUT2D eigenvalue weighted by molar-refractivity contribution is -0.139. The number of benzene rings is 1. The van der Waals surface area contributed by atoms with Gasteiger partial charge in [-0.25, -0.2) is 0 Å². The van der Waals surface area contributed by atoms with Crippen LogP contribution in [0.1, 0.15) is 18.1 Å². The molecule has 5 heteroatoms. The van der Waals surface area contributed by atoms with Gasteiger partial charge in [0, 0.05) is 4.47 Å². The zero-order valence-electron chi connectivity index (χ0n) is 7.14. The minimum atomic E-state index is -1.12. The zero-order valence-corrected chi connectivity index (χ0v) is 8.73. The van der Waals surface area contributed by atoms with Crippen molar-refractivity contribution in [2.24, 2.45) is 0 Å². The Morgan fingerprint density at radius 1 is 1.50 bits per heavy atom. The number of aliphatic carboxylic acids is 1. The number of aliphatic hydroxyl groups excluding tert-OH is 1. The molecule has 0 spiro atoms. The fourth-order valence-corrected chi connectivity index (χ4v) is 1.57. The van der Waals surface area contributed by atoms with Crippen molar-refractivity contribution < 1.29 is 20.1 Å². The average molecular weight is 261 g/mol. The summed E-state index contributed by atoms with van der Waals surface area (Å²) in [6.07, 6.45) is -1.50. The van der Waals surface area contributed by atoms with Gasteiger partial charge in [0.15, 0.2) is 0 Å². The van der Waals surface area contributed by atoms with E-state index in [-0.39, 0.29) is 12.2 Å². The molecule has 0 radical (unpaired) electrons. The van der Waals surface area contributed by atoms with Gasteiger partial charge in [-0.2, -0.15) is 0 Å². The molecule has 1 unspecified atom stereocenters. The summed E-state index contributed by atoms with van der Waals surface area (Å²) in [5, 5.41) is 27.1. The summed E-state index contributed by atoms with van der Waals surface area (Å²) in [6, 6.07) is 4.33. The molecule has 14 heavy (non-hydrogen) atoms. The first-order valence-electron chi connectivity index (χ1n) is 3.89. The highest BCUT2D eigenvalue weighted by atomic mass is 79.9. The molecule has 1 aromatic rings. The minimum Gasteiger partial charge on any atom is -0.508 e. The minimum absolute atomic E-state index is 0.00682. The van der Waals surface area contributed by atoms with E-state index in [1.165, 1.54) is 12.1 Å². The summed E-state index contributed by atoms with van der Waals surface area (Å²) in [5.41, 5.74) is 0.368. The van der Waals surface area contributed by atoms with Gasteiger partial charge in [-0.05, 0) is 23.8 Å². The second kappa shape index (κ2) is 4.43. The normalized spacial score (nSPS) is 12.4. The van der Waals surface area contributed by atoms with Crippen LogP contribution in [0.4, 0.5) is 0 Å². The monoisotopic (exact) mass is 260 g/mol. The number of carboxylic acid groups (broad SMARTS) is 1. The van der Waals surface area contributed by atoms with Gasteiger partial charge in [0.1, 0.15) is 5.75 Å². The van der Waals surface area contributed by atoms with Crippen LogP contribution in [0.25, 0.3) is 0 Å². The third-order valence-corrected chi connectivity index (χ3v) is 2.43. The molecular formula is C9H9BrO4. The van der Waals surface area contributed by atoms with Gasteiger partial charge in [-0.15, -0.1) is 0 Å². The van der Waals surface area contributed by atoms with Crippen LogP contribution in [0, 0.1) is 0 Å². The number of rotatable bonds is 3. The topological polar surface area (TPSA) is 77.8 Å². The quantitative estimate of drug-likeness (QED) is 0.773. The predicted octanol–water partition coefficient (Wildman–Crippen LogP) is 1.66. The molecule has 0 amide bonds. The van der Waals surface area contributed by atoms with Gasteiger partial charge in [-0.1, -0.05) is 15.9 Å². The van der Waals surface area contributed by atoms with Crippen molar-refractivity contribution in [3.63, 3.8) is 0 Å². The summed E-state index contributed by atoms with van der Waals surface area (Å²) < 4.78 is 0.573. The maximum absolute atomic E-state index is 10.3. The Morgan fingerprint density at radius 3 is 2.71 bits per heavy atom. The number of aliphatic hydroxyl groups is 1. The first kappa shape index (κ1) is 11.0. The maximum atomic E-state index is 10.3. The predicted molar refractivity (Wildman–Crippen MR) is 53.0 cm³/mol. The first-order chi connectivity index (χ1) is 6.50. The molecule has 4 nitrogen and oxygen atoms in total. The summed E-state index contributed by atoms with van der Waals surface area (Å²) in [6.45, 7) is 0. The average Bonchev–Trinajstić information content (AvgIpc) is 2.08. The Morgan fingerprint density at radius 2 is 2.14 bits per heavy atom. The van der Waals surface area contributed by atoms with E-state index in [4.69, 9.17) is 10.2 Å². The van der Waals surface area contributed by atoms with Crippen LogP contribution in [0.5, 0.6) is 5.75 Å². The van der Waals surface area contributed by atoms with Crippen LogP contribution in [-0.4, -0.2) is 21.3 Å². The number of halogens is 1. The van der Waals surface area contributed by atoms with Crippen LogP contribution in [0.3, 0.4) is 0 Å². The van der Waals surface area contributed by atoms with Gasteiger partial charge in [0.05, 0.1) is 12.5 Å². The lowest BCUT2D eigenvalue weighted by atomic mass is 10.1. The van der Waals surface area contributed by atoms with E-state index in [1.807, 2.05) is 0 Å². The number of aromatic hydroxyl groups is 1. The molecule has 0 saturated carbocycles. The van der Waals surface area contributed by atoms with E-state index < -0.39 is 12.1 Å². The highest BCUT2D eigenvalue weighted by Gasteiger charge is 2.15. The van der Waals surface area contributed by atoms with Crippen molar-refractivity contribution in [2.75, 3.05) is 0 Å². The molecule has 1 aromatic carbocycles. The molecule has 0 aliphatic heterocycles. The molecular weight excluding hydrogens is 252 g/mol. The van der Waals surface area contributed by atoms with Gasteiger partial charge in [-0.3, -0.25) is 4.79 Å². The summed E-state index contributed by atoms with van der Waals surface area (Å²) in [5.74, 6) is -1.10. The number of carbonyl (C=O) groups is 1. The summed E-state index contributed by atoms with van der Waals surface area (Å²) >= 11 is 3.16. The van der Waals surface area contributed by atoms with E-state index in [9.17, 15) is 9.90 Å². The molecule has 0 heterocycles. The van der Waals surface area contributed by atoms with Crippen molar-refractivity contribution in [1.82, 2.24) is 0 Å². The van der Waals surface area contributed by atoms with E-state index in [0.717, 1.165) is 0 Å². The highest BCUT2D eigenvalue weighted by molar-refractivity contribution is 9.10. The van der Waals surface area contributed by atoms with E-state index in [2.05, 4.69) is 15.9 Å². The van der Waals surface area contributed by atoms with Crippen LogP contribution in [-0.2, 0) is 4.79 Å². The van der Waals surface area contributed by atoms with Crippen molar-refractivity contribution >= 4 is 21.9 Å². The van der Waals surface area contributed by atoms with Gasteiger partial charge < -0.3 is 15.3 Å². The summed E-state index contributed by atoms with van der Waals surface area (Å²) in [7, 11) is 0. The standard InChI is InChI=1S/C9H9BrO4/c10-7-2-1-5(11)3-6(7)8(12)4-9(13)14/h1-3,8,11-12H,4H2,(H,13,14). The number of carboxylic acids is 1. The number of hydrogen-bond donors (Lipinski definition) is 3. The molecule has 3 N–H and O–H groups in total. The molecule has 0 aliphatic carbocycles. The maximum Gasteiger partial charge on any atom is 0.306 e. The van der Waals surface area contributed by atoms with Gasteiger partial charge >= 0.3 is 5.97 Å². The second-order valence-corrected chi connectivity index (χ2v) is 3.67. The molecule has 0 aliphatic rings. The molecule has 0 aromatic heterocycles. The molecule has 0 fully saturated rings. The first-order valence-corrected chi connectivity index (χ1v) is 4.68. The van der Waals surface area contributed by atoms with Crippen molar-refractivity contribution in [3.05, 3.63) is 28.2 Å². The number of phenols is 1. The molecule has 1 atom stereocenters. The lowest BCUT2D eigenvalue weighted by Gasteiger charge is -2.10. The van der Waals surface area contributed by atoms with Crippen LogP contribution >= 0.6 is 15.9 Å². The highest BCUT2D eigenvalue weighted by Crippen LogP contribution is 2.28. The van der Waals surface area contributed by atoms with Crippen LogP contribution in [0.15, 0.2) is 22.7 Å². The Kier molecular flexibility index (Phi) is 3.49. The second-order valence-electron chi connectivity index (χ2n) is 2.82. The smallest absolute Gasteiger partial charge is 0.306 e. The van der Waals surface area contributed by atoms with Gasteiger partial charge in [0.2, 0.25) is 0 Å². The van der Waals surface area contributed by atoms with Gasteiger partial charge in [0.25, 0.3) is 0 Å². The Labute approximate surface area is 88.9 Å². The zero-order chi connectivity index (χ0) is 10.7. The molecule has 0 saturated heterocycles. The third kappa shape index (κ3) is 2.71. The van der Waals surface area contributed by atoms with E-state index in [0.29, 0.717) is 10.0 Å². The third-order valence-electron chi connectivity index (χ3n) is 1.71. The SMILES string of the molecule is O=C(O)CC(O)c1cc(O)ccc1Br. The number of hydrogen-bond acceptors (Lipinski definition) is 3. The molecule has 1 rings (SSSR count).